The largest absolute Gasteiger partial charge is 0.323 e. The van der Waals surface area contributed by atoms with Crippen LogP contribution in [0.15, 0.2) is 11.6 Å². The van der Waals surface area contributed by atoms with E-state index in [0.29, 0.717) is 6.04 Å². The zero-order chi connectivity index (χ0) is 9.07. The quantitative estimate of drug-likeness (QED) is 0.435. The van der Waals surface area contributed by atoms with Crippen LogP contribution in [0.1, 0.15) is 27.7 Å². The van der Waals surface area contributed by atoms with Gasteiger partial charge in [-0.3, -0.25) is 0 Å². The lowest BCUT2D eigenvalue weighted by molar-refractivity contribution is -0.906. The molecule has 1 heteroatoms. The van der Waals surface area contributed by atoms with Crippen LogP contribution in [0.2, 0.25) is 0 Å². The molecule has 0 bridgehead atoms. The highest BCUT2D eigenvalue weighted by Crippen LogP contribution is 2.13. The molecule has 0 saturated heterocycles. The fourth-order valence-electron chi connectivity index (χ4n) is 1.07. The van der Waals surface area contributed by atoms with Gasteiger partial charge < -0.3 is 4.48 Å². The predicted octanol–water partition coefficient (Wildman–Crippen LogP) is 2.44. The molecule has 11 heavy (non-hydrogen) atoms. The maximum absolute atomic E-state index is 2.29. The molecule has 1 unspecified atom stereocenters. The molecule has 0 heterocycles. The maximum Gasteiger partial charge on any atom is 0.107 e. The van der Waals surface area contributed by atoms with Gasteiger partial charge in [-0.25, -0.2) is 0 Å². The summed E-state index contributed by atoms with van der Waals surface area (Å²) in [6.45, 7) is 10.0. The first-order valence-electron chi connectivity index (χ1n) is 4.41. The highest BCUT2D eigenvalue weighted by molar-refractivity contribution is 5.01. The molecule has 0 aromatic heterocycles. The Bertz CT molecular complexity index is 145. The summed E-state index contributed by atoms with van der Waals surface area (Å²) >= 11 is 0. The van der Waals surface area contributed by atoms with Crippen molar-refractivity contribution >= 4 is 0 Å². The Hall–Kier alpha value is -0.300. The van der Waals surface area contributed by atoms with Crippen LogP contribution in [0.3, 0.4) is 0 Å². The zero-order valence-electron chi connectivity index (χ0n) is 8.81. The summed E-state index contributed by atoms with van der Waals surface area (Å²) in [7, 11) is 4.55. The third-order valence-corrected chi connectivity index (χ3v) is 2.98. The van der Waals surface area contributed by atoms with Gasteiger partial charge in [0.15, 0.2) is 0 Å². The molecule has 1 atom stereocenters. The first-order chi connectivity index (χ1) is 4.95. The molecule has 0 saturated carbocycles. The Balaban J connectivity index is 4.35. The number of hydrogen-bond acceptors (Lipinski definition) is 0. The van der Waals surface area contributed by atoms with Crippen LogP contribution < -0.4 is 0 Å². The van der Waals surface area contributed by atoms with Gasteiger partial charge in [-0.1, -0.05) is 6.08 Å². The summed E-state index contributed by atoms with van der Waals surface area (Å²) in [5.41, 5.74) is 1.48. The van der Waals surface area contributed by atoms with Crippen LogP contribution in [-0.4, -0.2) is 31.2 Å². The average Bonchev–Trinajstić information content (AvgIpc) is 2.01. The average molecular weight is 156 g/mol. The van der Waals surface area contributed by atoms with E-state index in [9.17, 15) is 0 Å². The zero-order valence-corrected chi connectivity index (χ0v) is 8.81. The fraction of sp³-hybridized carbons (Fsp3) is 0.800. The van der Waals surface area contributed by atoms with E-state index in [0.717, 1.165) is 4.48 Å². The Kier molecular flexibility index (Phi) is 3.81. The number of allylic oxidation sites excluding steroid dienone is 1. The highest BCUT2D eigenvalue weighted by Gasteiger charge is 2.22. The van der Waals surface area contributed by atoms with Gasteiger partial charge >= 0.3 is 0 Å². The molecule has 66 valence electrons. The second kappa shape index (κ2) is 3.91. The minimum Gasteiger partial charge on any atom is -0.323 e. The molecule has 0 spiro atoms. The Morgan fingerprint density at radius 1 is 1.45 bits per heavy atom. The molecule has 0 rings (SSSR count). The summed E-state index contributed by atoms with van der Waals surface area (Å²) in [5, 5.41) is 0. The fourth-order valence-corrected chi connectivity index (χ4v) is 1.07. The molecule has 0 aliphatic heterocycles. The van der Waals surface area contributed by atoms with E-state index in [2.05, 4.69) is 47.9 Å². The van der Waals surface area contributed by atoms with E-state index in [1.54, 1.807) is 0 Å². The first-order valence-corrected chi connectivity index (χ1v) is 4.41. The minimum absolute atomic E-state index is 0.644. The summed E-state index contributed by atoms with van der Waals surface area (Å²) < 4.78 is 1.08. The lowest BCUT2D eigenvalue weighted by Gasteiger charge is -2.35. The standard InChI is InChI=1S/C10H22N/c1-7-9(3)10(4)11(5,6)8-2/h7,10H,8H2,1-6H3/q+1. The van der Waals surface area contributed by atoms with Gasteiger partial charge in [0.1, 0.15) is 6.04 Å². The second-order valence-corrected chi connectivity index (χ2v) is 3.80. The maximum atomic E-state index is 2.29. The van der Waals surface area contributed by atoms with Gasteiger partial charge in [0, 0.05) is 0 Å². The van der Waals surface area contributed by atoms with E-state index in [1.165, 1.54) is 12.1 Å². The van der Waals surface area contributed by atoms with Crippen molar-refractivity contribution in [2.24, 2.45) is 0 Å². The van der Waals surface area contributed by atoms with Gasteiger partial charge in [0.2, 0.25) is 0 Å². The Labute approximate surface area is 71.3 Å². The van der Waals surface area contributed by atoms with Crippen molar-refractivity contribution in [1.29, 1.82) is 0 Å². The molecule has 0 aromatic carbocycles. The number of nitrogens with zero attached hydrogens (tertiary/aromatic N) is 1. The normalized spacial score (nSPS) is 16.7. The van der Waals surface area contributed by atoms with Crippen LogP contribution in [0, 0.1) is 0 Å². The van der Waals surface area contributed by atoms with Crippen LogP contribution in [0.4, 0.5) is 0 Å². The molecular formula is C10H22N+. The van der Waals surface area contributed by atoms with E-state index >= 15 is 0 Å². The van der Waals surface area contributed by atoms with Crippen molar-refractivity contribution in [3.63, 3.8) is 0 Å². The third-order valence-electron chi connectivity index (χ3n) is 2.98. The van der Waals surface area contributed by atoms with Crippen molar-refractivity contribution in [2.75, 3.05) is 20.6 Å². The minimum atomic E-state index is 0.644. The van der Waals surface area contributed by atoms with Crippen molar-refractivity contribution in [3.8, 4) is 0 Å². The van der Waals surface area contributed by atoms with Crippen molar-refractivity contribution in [2.45, 2.75) is 33.7 Å². The van der Waals surface area contributed by atoms with E-state index in [1.807, 2.05) is 0 Å². The van der Waals surface area contributed by atoms with Gasteiger partial charge in [-0.15, -0.1) is 0 Å². The summed E-state index contributed by atoms with van der Waals surface area (Å²) in [6.07, 6.45) is 2.21. The Morgan fingerprint density at radius 2 is 1.91 bits per heavy atom. The molecule has 0 N–H and O–H groups in total. The topological polar surface area (TPSA) is 0 Å². The molecule has 0 aromatic rings. The molecule has 0 amide bonds. The molecule has 1 nitrogen and oxygen atoms in total. The number of hydrogen-bond donors (Lipinski definition) is 0. The lowest BCUT2D eigenvalue weighted by Crippen LogP contribution is -2.47. The third kappa shape index (κ3) is 2.66. The summed E-state index contributed by atoms with van der Waals surface area (Å²) in [5.74, 6) is 0. The van der Waals surface area contributed by atoms with E-state index in [4.69, 9.17) is 0 Å². The Morgan fingerprint density at radius 3 is 2.18 bits per heavy atom. The van der Waals surface area contributed by atoms with Crippen LogP contribution in [0.5, 0.6) is 0 Å². The van der Waals surface area contributed by atoms with E-state index in [-0.39, 0.29) is 0 Å². The monoisotopic (exact) mass is 156 g/mol. The van der Waals surface area contributed by atoms with Gasteiger partial charge in [-0.2, -0.15) is 0 Å². The van der Waals surface area contributed by atoms with Crippen LogP contribution in [0.25, 0.3) is 0 Å². The number of likely N-dealkylation sites (N-methyl/N-ethyl adjacent to an activating group) is 1. The van der Waals surface area contributed by atoms with Gasteiger partial charge in [0.05, 0.1) is 20.6 Å². The summed E-state index contributed by atoms with van der Waals surface area (Å²) in [6, 6.07) is 0.644. The SMILES string of the molecule is CC=C(C)C(C)[N+](C)(C)CC. The van der Waals surface area contributed by atoms with Gasteiger partial charge in [-0.05, 0) is 33.3 Å². The van der Waals surface area contributed by atoms with Crippen molar-refractivity contribution in [1.82, 2.24) is 0 Å². The van der Waals surface area contributed by atoms with Crippen molar-refractivity contribution < 1.29 is 4.48 Å². The van der Waals surface area contributed by atoms with Crippen LogP contribution in [-0.2, 0) is 0 Å². The second-order valence-electron chi connectivity index (χ2n) is 3.80. The van der Waals surface area contributed by atoms with E-state index < -0.39 is 0 Å². The molecule has 0 radical (unpaired) electrons. The molecule has 0 aliphatic carbocycles. The summed E-state index contributed by atoms with van der Waals surface area (Å²) in [4.78, 5) is 0. The smallest absolute Gasteiger partial charge is 0.107 e. The highest BCUT2D eigenvalue weighted by atomic mass is 15.3. The van der Waals surface area contributed by atoms with Gasteiger partial charge in [0.25, 0.3) is 0 Å². The number of rotatable bonds is 3. The first kappa shape index (κ1) is 10.7. The lowest BCUT2D eigenvalue weighted by atomic mass is 10.1. The van der Waals surface area contributed by atoms with Crippen molar-refractivity contribution in [3.05, 3.63) is 11.6 Å². The van der Waals surface area contributed by atoms with Crippen LogP contribution >= 0.6 is 0 Å². The number of quaternary nitrogens is 1. The molecular weight excluding hydrogens is 134 g/mol. The predicted molar refractivity (Wildman–Crippen MR) is 51.5 cm³/mol. The molecule has 0 fully saturated rings. The molecule has 0 aliphatic rings.